The van der Waals surface area contributed by atoms with Gasteiger partial charge in [0.15, 0.2) is 17.8 Å². The number of hydrogen-bond donors (Lipinski definition) is 0. The summed E-state index contributed by atoms with van der Waals surface area (Å²) in [6, 6.07) is 39.2. The number of aryl methyl sites for hydroxylation is 5. The minimum Gasteiger partial charge on any atom is -0.375 e. The lowest BCUT2D eigenvalue weighted by Gasteiger charge is -2.23. The van der Waals surface area contributed by atoms with Crippen LogP contribution >= 0.6 is 0 Å². The molecule has 60 heavy (non-hydrogen) atoms. The monoisotopic (exact) mass is 870 g/mol. The second-order valence-electron chi connectivity index (χ2n) is 14.1. The molecule has 0 aliphatic carbocycles. The topological polar surface area (TPSA) is 149 Å². The quantitative estimate of drug-likeness (QED) is 0.0411. The van der Waals surface area contributed by atoms with Crippen LogP contribution in [-0.2, 0) is 52.7 Å². The molecule has 6 aromatic rings. The Kier molecular flexibility index (Phi) is 14.5. The van der Waals surface area contributed by atoms with Crippen LogP contribution in [0.3, 0.4) is 0 Å². The second-order valence-corrected chi connectivity index (χ2v) is 18.8. The predicted octanol–water partition coefficient (Wildman–Crippen LogP) is 9.21. The van der Waals surface area contributed by atoms with Gasteiger partial charge < -0.3 is 22.0 Å². The number of hydrogen-bond acceptors (Lipinski definition) is 11. The van der Waals surface area contributed by atoms with Crippen molar-refractivity contribution in [3.63, 3.8) is 0 Å². The average Bonchev–Trinajstić information content (AvgIpc) is 3.22. The third-order valence-electron chi connectivity index (χ3n) is 9.28. The summed E-state index contributed by atoms with van der Waals surface area (Å²) in [6.45, 7) is 5.67. The molecule has 11 nitrogen and oxygen atoms in total. The van der Waals surface area contributed by atoms with E-state index in [2.05, 4.69) is 0 Å². The van der Waals surface area contributed by atoms with E-state index in [-0.39, 0.29) is 33.5 Å². The van der Waals surface area contributed by atoms with E-state index in [1.807, 2.05) is 60.7 Å². The van der Waals surface area contributed by atoms with Crippen LogP contribution in [-0.4, -0.2) is 38.5 Å². The van der Waals surface area contributed by atoms with Crippen molar-refractivity contribution in [1.29, 1.82) is 0 Å². The molecule has 0 amide bonds. The molecule has 0 N–H and O–H groups in total. The smallest absolute Gasteiger partial charge is 0.339 e. The van der Waals surface area contributed by atoms with Crippen molar-refractivity contribution in [2.45, 2.75) is 67.4 Å². The fourth-order valence-corrected chi connectivity index (χ4v) is 8.81. The van der Waals surface area contributed by atoms with Crippen LogP contribution < -0.4 is 12.5 Å². The number of ether oxygens (including phenoxy) is 2. The largest absolute Gasteiger partial charge is 0.375 e. The van der Waals surface area contributed by atoms with Gasteiger partial charge in [-0.3, -0.25) is 0 Å². The van der Waals surface area contributed by atoms with Crippen molar-refractivity contribution < 1.29 is 47.3 Å². The van der Waals surface area contributed by atoms with Gasteiger partial charge in [0, 0.05) is 5.56 Å². The van der Waals surface area contributed by atoms with Crippen molar-refractivity contribution in [3.8, 4) is 17.2 Å². The van der Waals surface area contributed by atoms with E-state index >= 15 is 0 Å². The minimum atomic E-state index is -4.76. The zero-order chi connectivity index (χ0) is 42.8. The molecule has 0 unspecified atom stereocenters. The van der Waals surface area contributed by atoms with Gasteiger partial charge >= 0.3 is 30.4 Å². The Morgan fingerprint density at radius 1 is 0.433 bits per heavy atom. The molecule has 14 heteroatoms. The van der Waals surface area contributed by atoms with E-state index in [4.69, 9.17) is 22.0 Å². The lowest BCUT2D eigenvalue weighted by atomic mass is 10.1. The van der Waals surface area contributed by atoms with Crippen molar-refractivity contribution >= 4 is 30.4 Å². The van der Waals surface area contributed by atoms with Crippen LogP contribution in [0.4, 0.5) is 0 Å². The van der Waals surface area contributed by atoms with Crippen molar-refractivity contribution in [1.82, 2.24) is 0 Å². The molecule has 0 heterocycles. The SMILES string of the molecule is Cc1ccc(S(=O)(=O)Oc2cc(C(OCCCc3ccccc3)OCCCc3ccccc3)cc(OS(=O)(=O)c3ccc(C)cc3)c2OS(=O)(=O)c2ccc(C)cc2)cc1. The predicted molar refractivity (Wildman–Crippen MR) is 228 cm³/mol. The highest BCUT2D eigenvalue weighted by Crippen LogP contribution is 2.45. The van der Waals surface area contributed by atoms with E-state index < -0.39 is 53.9 Å². The zero-order valence-corrected chi connectivity index (χ0v) is 35.8. The summed E-state index contributed by atoms with van der Waals surface area (Å²) in [6.07, 6.45) is 1.27. The molecule has 0 aliphatic rings. The number of rotatable bonds is 20. The first kappa shape index (κ1) is 44.1. The first-order valence-corrected chi connectivity index (χ1v) is 23.4. The molecule has 0 aromatic heterocycles. The molecular weight excluding hydrogens is 825 g/mol. The van der Waals surface area contributed by atoms with Crippen LogP contribution in [0.5, 0.6) is 17.2 Å². The van der Waals surface area contributed by atoms with Crippen LogP contribution in [0.15, 0.2) is 160 Å². The maximum atomic E-state index is 13.9. The van der Waals surface area contributed by atoms with Crippen LogP contribution in [0.2, 0.25) is 0 Å². The fraction of sp³-hybridized carbons (Fsp3) is 0.217. The van der Waals surface area contributed by atoms with Crippen molar-refractivity contribution in [2.24, 2.45) is 0 Å². The molecule has 0 fully saturated rings. The Balaban J connectivity index is 1.46. The Bertz CT molecular complexity index is 2520. The third kappa shape index (κ3) is 12.0. The molecule has 0 aliphatic heterocycles. The van der Waals surface area contributed by atoms with E-state index in [1.54, 1.807) is 57.2 Å². The average molecular weight is 871 g/mol. The fourth-order valence-electron chi connectivity index (χ4n) is 6.01. The normalized spacial score (nSPS) is 12.0. The van der Waals surface area contributed by atoms with Crippen LogP contribution in [0, 0.1) is 20.8 Å². The Morgan fingerprint density at radius 2 is 0.767 bits per heavy atom. The Hall–Kier alpha value is -5.51. The summed E-state index contributed by atoms with van der Waals surface area (Å²) in [7, 11) is -14.2. The van der Waals surface area contributed by atoms with Gasteiger partial charge in [0.2, 0.25) is 5.75 Å². The summed E-state index contributed by atoms with van der Waals surface area (Å²) in [5.41, 5.74) is 4.56. The maximum Gasteiger partial charge on any atom is 0.339 e. The zero-order valence-electron chi connectivity index (χ0n) is 33.4. The summed E-state index contributed by atoms with van der Waals surface area (Å²) < 4.78 is 113. The maximum absolute atomic E-state index is 13.9. The van der Waals surface area contributed by atoms with Gasteiger partial charge in [0.1, 0.15) is 14.7 Å². The van der Waals surface area contributed by atoms with Gasteiger partial charge in [-0.05, 0) is 106 Å². The van der Waals surface area contributed by atoms with Gasteiger partial charge in [0.05, 0.1) is 13.2 Å². The molecule has 0 spiro atoms. The van der Waals surface area contributed by atoms with Crippen molar-refractivity contribution in [3.05, 3.63) is 179 Å². The number of benzene rings is 6. The first-order valence-electron chi connectivity index (χ1n) is 19.2. The molecule has 0 bridgehead atoms. The highest BCUT2D eigenvalue weighted by molar-refractivity contribution is 7.87. The van der Waals surface area contributed by atoms with Gasteiger partial charge in [-0.2, -0.15) is 25.3 Å². The van der Waals surface area contributed by atoms with Gasteiger partial charge in [-0.15, -0.1) is 0 Å². The summed E-state index contributed by atoms with van der Waals surface area (Å²) in [4.78, 5) is -0.809. The van der Waals surface area contributed by atoms with Crippen molar-refractivity contribution in [2.75, 3.05) is 13.2 Å². The molecule has 0 radical (unpaired) electrons. The van der Waals surface area contributed by atoms with Crippen LogP contribution in [0.1, 0.15) is 52.5 Å². The van der Waals surface area contributed by atoms with E-state index in [0.717, 1.165) is 27.8 Å². The van der Waals surface area contributed by atoms with E-state index in [0.29, 0.717) is 25.7 Å². The molecule has 0 saturated heterocycles. The summed E-state index contributed by atoms with van der Waals surface area (Å²) >= 11 is 0. The lowest BCUT2D eigenvalue weighted by Crippen LogP contribution is -2.18. The molecule has 314 valence electrons. The van der Waals surface area contributed by atoms with Gasteiger partial charge in [-0.25, -0.2) is 0 Å². The van der Waals surface area contributed by atoms with Gasteiger partial charge in [0.25, 0.3) is 0 Å². The van der Waals surface area contributed by atoms with Gasteiger partial charge in [-0.1, -0.05) is 114 Å². The van der Waals surface area contributed by atoms with E-state index in [9.17, 15) is 25.3 Å². The highest BCUT2D eigenvalue weighted by Gasteiger charge is 2.32. The Morgan fingerprint density at radius 3 is 1.12 bits per heavy atom. The molecule has 6 aromatic carbocycles. The standard InChI is InChI=1S/C46H46O11S3/c1-34-18-24-40(25-19-34)58(47,48)55-43-32-39(46(53-30-10-16-37-12-6-4-7-13-37)54-31-11-17-38-14-8-5-9-15-38)33-44(56-59(49,50)41-26-20-35(2)21-27-41)45(43)57-60(51,52)42-28-22-36(3)23-29-42/h4-9,12-15,18-29,32-33,46H,10-11,16-17,30-31H2,1-3H3. The van der Waals surface area contributed by atoms with Crippen LogP contribution in [0.25, 0.3) is 0 Å². The molecule has 0 saturated carbocycles. The third-order valence-corrected chi connectivity index (χ3v) is 13.0. The molecule has 0 atom stereocenters. The molecule has 6 rings (SSSR count). The lowest BCUT2D eigenvalue weighted by molar-refractivity contribution is -0.147. The summed E-state index contributed by atoms with van der Waals surface area (Å²) in [5, 5.41) is 0. The minimum absolute atomic E-state index is 0.0673. The Labute approximate surface area is 352 Å². The highest BCUT2D eigenvalue weighted by atomic mass is 32.2. The molecular formula is C46H46O11S3. The second kappa shape index (κ2) is 19.7. The van der Waals surface area contributed by atoms with E-state index in [1.165, 1.54) is 48.5 Å². The first-order chi connectivity index (χ1) is 28.7. The summed E-state index contributed by atoms with van der Waals surface area (Å²) in [5.74, 6) is -2.22.